The Balaban J connectivity index is 2.59. The van der Waals surface area contributed by atoms with Crippen molar-refractivity contribution in [3.8, 4) is 0 Å². The van der Waals surface area contributed by atoms with Crippen molar-refractivity contribution in [3.05, 3.63) is 29.8 Å². The van der Waals surface area contributed by atoms with Crippen molar-refractivity contribution in [1.82, 2.24) is 4.90 Å². The molecule has 0 spiro atoms. The van der Waals surface area contributed by atoms with Gasteiger partial charge in [-0.25, -0.2) is 0 Å². The van der Waals surface area contributed by atoms with E-state index in [0.717, 1.165) is 11.3 Å². The number of amides is 1. The molecule has 3 nitrogen and oxygen atoms in total. The highest BCUT2D eigenvalue weighted by atomic mass is 16.2. The van der Waals surface area contributed by atoms with Gasteiger partial charge < -0.3 is 10.2 Å². The zero-order chi connectivity index (χ0) is 14.3. The van der Waals surface area contributed by atoms with Crippen LogP contribution in [0.3, 0.4) is 0 Å². The Labute approximate surface area is 117 Å². The van der Waals surface area contributed by atoms with Gasteiger partial charge in [0.15, 0.2) is 0 Å². The van der Waals surface area contributed by atoms with E-state index in [4.69, 9.17) is 0 Å². The van der Waals surface area contributed by atoms with Crippen molar-refractivity contribution in [3.63, 3.8) is 0 Å². The summed E-state index contributed by atoms with van der Waals surface area (Å²) >= 11 is 0. The summed E-state index contributed by atoms with van der Waals surface area (Å²) in [5.74, 6) is 0.0923. The molecule has 1 aromatic carbocycles. The molecule has 106 valence electrons. The third-order valence-corrected chi connectivity index (χ3v) is 3.29. The summed E-state index contributed by atoms with van der Waals surface area (Å²) in [6, 6.07) is 8.79. The molecule has 1 unspecified atom stereocenters. The molecular weight excluding hydrogens is 236 g/mol. The molecule has 1 atom stereocenters. The molecule has 0 saturated carbocycles. The lowest BCUT2D eigenvalue weighted by molar-refractivity contribution is -0.128. The van der Waals surface area contributed by atoms with E-state index in [9.17, 15) is 4.79 Å². The minimum Gasteiger partial charge on any atom is -0.383 e. The molecule has 3 heteroatoms. The molecule has 0 aliphatic heterocycles. The molecule has 0 saturated heterocycles. The number of anilines is 1. The Kier molecular flexibility index (Phi) is 6.40. The molecular formula is C16H26N2O. The summed E-state index contributed by atoms with van der Waals surface area (Å²) in [7, 11) is 1.83. The van der Waals surface area contributed by atoms with E-state index in [1.165, 1.54) is 19.3 Å². The summed E-state index contributed by atoms with van der Waals surface area (Å²) in [5.41, 5.74) is 2.29. The lowest BCUT2D eigenvalue weighted by Gasteiger charge is -2.18. The molecule has 0 radical (unpaired) electrons. The second-order valence-electron chi connectivity index (χ2n) is 5.26. The topological polar surface area (TPSA) is 32.3 Å². The van der Waals surface area contributed by atoms with Gasteiger partial charge in [0.2, 0.25) is 5.91 Å². The Morgan fingerprint density at radius 3 is 2.79 bits per heavy atom. The van der Waals surface area contributed by atoms with E-state index in [-0.39, 0.29) is 5.91 Å². The van der Waals surface area contributed by atoms with Crippen LogP contribution < -0.4 is 5.32 Å². The maximum atomic E-state index is 11.2. The normalized spacial score (nSPS) is 12.0. The zero-order valence-electron chi connectivity index (χ0n) is 12.6. The van der Waals surface area contributed by atoms with Crippen molar-refractivity contribution in [2.24, 2.45) is 0 Å². The maximum Gasteiger partial charge on any atom is 0.219 e. The van der Waals surface area contributed by atoms with Gasteiger partial charge in [0.05, 0.1) is 0 Å². The van der Waals surface area contributed by atoms with Gasteiger partial charge in [0.25, 0.3) is 0 Å². The molecule has 0 heterocycles. The van der Waals surface area contributed by atoms with Crippen LogP contribution in [0.1, 0.15) is 45.6 Å². The van der Waals surface area contributed by atoms with E-state index < -0.39 is 0 Å². The van der Waals surface area contributed by atoms with Crippen LogP contribution in [0.4, 0.5) is 5.69 Å². The van der Waals surface area contributed by atoms with Crippen LogP contribution in [-0.4, -0.2) is 23.9 Å². The zero-order valence-corrected chi connectivity index (χ0v) is 12.6. The second kappa shape index (κ2) is 7.82. The van der Waals surface area contributed by atoms with Gasteiger partial charge in [-0.15, -0.1) is 0 Å². The number of unbranched alkanes of at least 4 members (excludes halogenated alkanes) is 1. The fraction of sp³-hybridized carbons (Fsp3) is 0.562. The van der Waals surface area contributed by atoms with E-state index in [1.54, 1.807) is 11.8 Å². The molecule has 1 amide bonds. The molecule has 0 aromatic heterocycles. The summed E-state index contributed by atoms with van der Waals surface area (Å²) in [6.07, 6.45) is 3.67. The van der Waals surface area contributed by atoms with Crippen molar-refractivity contribution < 1.29 is 4.79 Å². The van der Waals surface area contributed by atoms with Crippen LogP contribution in [-0.2, 0) is 11.3 Å². The Hall–Kier alpha value is -1.51. The fourth-order valence-corrected chi connectivity index (χ4v) is 2.01. The number of nitrogens with zero attached hydrogens (tertiary/aromatic N) is 1. The van der Waals surface area contributed by atoms with Crippen molar-refractivity contribution >= 4 is 11.6 Å². The third-order valence-electron chi connectivity index (χ3n) is 3.29. The quantitative estimate of drug-likeness (QED) is 0.813. The molecule has 0 bridgehead atoms. The third kappa shape index (κ3) is 5.77. The average Bonchev–Trinajstić information content (AvgIpc) is 2.36. The number of hydrogen-bond donors (Lipinski definition) is 1. The van der Waals surface area contributed by atoms with Gasteiger partial charge in [0, 0.05) is 32.2 Å². The van der Waals surface area contributed by atoms with Crippen LogP contribution in [0.5, 0.6) is 0 Å². The maximum absolute atomic E-state index is 11.2. The Bertz CT molecular complexity index is 403. The molecule has 19 heavy (non-hydrogen) atoms. The lowest BCUT2D eigenvalue weighted by Crippen LogP contribution is -2.23. The molecule has 0 fully saturated rings. The number of carbonyl (C=O) groups is 1. The molecule has 1 aromatic rings. The van der Waals surface area contributed by atoms with Gasteiger partial charge in [-0.1, -0.05) is 31.9 Å². The Morgan fingerprint density at radius 1 is 1.42 bits per heavy atom. The first-order chi connectivity index (χ1) is 9.02. The highest BCUT2D eigenvalue weighted by Gasteiger charge is 2.05. The van der Waals surface area contributed by atoms with Crippen LogP contribution >= 0.6 is 0 Å². The SMILES string of the molecule is CCCCC(C)Nc1cccc(CN(C)C(C)=O)c1. The monoisotopic (exact) mass is 262 g/mol. The van der Waals surface area contributed by atoms with Gasteiger partial charge in [-0.2, -0.15) is 0 Å². The minimum atomic E-state index is 0.0923. The predicted molar refractivity (Wildman–Crippen MR) is 81.2 cm³/mol. The number of hydrogen-bond acceptors (Lipinski definition) is 2. The number of carbonyl (C=O) groups excluding carboxylic acids is 1. The van der Waals surface area contributed by atoms with Crippen LogP contribution in [0.2, 0.25) is 0 Å². The molecule has 1 rings (SSSR count). The minimum absolute atomic E-state index is 0.0923. The predicted octanol–water partition coefficient (Wildman–Crippen LogP) is 3.66. The number of benzene rings is 1. The van der Waals surface area contributed by atoms with Crippen LogP contribution in [0.25, 0.3) is 0 Å². The molecule has 0 aliphatic rings. The summed E-state index contributed by atoms with van der Waals surface area (Å²) < 4.78 is 0. The van der Waals surface area contributed by atoms with Gasteiger partial charge >= 0.3 is 0 Å². The van der Waals surface area contributed by atoms with E-state index in [0.29, 0.717) is 12.6 Å². The van der Waals surface area contributed by atoms with E-state index >= 15 is 0 Å². The average molecular weight is 262 g/mol. The van der Waals surface area contributed by atoms with Crippen molar-refractivity contribution in [2.45, 2.75) is 52.6 Å². The van der Waals surface area contributed by atoms with Gasteiger partial charge in [0.1, 0.15) is 0 Å². The standard InChI is InChI=1S/C16H26N2O/c1-5-6-8-13(2)17-16-10-7-9-15(11-16)12-18(4)14(3)19/h7,9-11,13,17H,5-6,8,12H2,1-4H3. The summed E-state index contributed by atoms with van der Waals surface area (Å²) in [4.78, 5) is 13.0. The number of nitrogens with one attached hydrogen (secondary N) is 1. The Morgan fingerprint density at radius 2 is 2.16 bits per heavy atom. The van der Waals surface area contributed by atoms with Crippen LogP contribution in [0.15, 0.2) is 24.3 Å². The highest BCUT2D eigenvalue weighted by molar-refractivity contribution is 5.72. The first kappa shape index (κ1) is 15.5. The largest absolute Gasteiger partial charge is 0.383 e. The highest BCUT2D eigenvalue weighted by Crippen LogP contribution is 2.15. The smallest absolute Gasteiger partial charge is 0.219 e. The number of rotatable bonds is 7. The van der Waals surface area contributed by atoms with Gasteiger partial charge in [-0.05, 0) is 31.0 Å². The fourth-order valence-electron chi connectivity index (χ4n) is 2.01. The summed E-state index contributed by atoms with van der Waals surface area (Å²) in [5, 5.41) is 3.52. The van der Waals surface area contributed by atoms with Crippen LogP contribution in [0, 0.1) is 0 Å². The van der Waals surface area contributed by atoms with Gasteiger partial charge in [-0.3, -0.25) is 4.79 Å². The van der Waals surface area contributed by atoms with E-state index in [1.807, 2.05) is 13.1 Å². The van der Waals surface area contributed by atoms with Crippen molar-refractivity contribution in [1.29, 1.82) is 0 Å². The van der Waals surface area contributed by atoms with E-state index in [2.05, 4.69) is 37.4 Å². The van der Waals surface area contributed by atoms with Crippen molar-refractivity contribution in [2.75, 3.05) is 12.4 Å². The lowest BCUT2D eigenvalue weighted by atomic mass is 10.1. The first-order valence-corrected chi connectivity index (χ1v) is 7.10. The first-order valence-electron chi connectivity index (χ1n) is 7.10. The molecule has 0 aliphatic carbocycles. The summed E-state index contributed by atoms with van der Waals surface area (Å²) in [6.45, 7) is 6.68. The second-order valence-corrected chi connectivity index (χ2v) is 5.26. The molecule has 1 N–H and O–H groups in total.